The van der Waals surface area contributed by atoms with Crippen molar-refractivity contribution < 1.29 is 23.5 Å². The molecule has 8 heteroatoms. The Hall–Kier alpha value is -2.87. The molecule has 6 nitrogen and oxygen atoms in total. The molecule has 0 aromatic heterocycles. The number of esters is 1. The third kappa shape index (κ3) is 7.51. The molecule has 30 heavy (non-hydrogen) atoms. The van der Waals surface area contributed by atoms with E-state index in [1.54, 1.807) is 24.3 Å². The maximum Gasteiger partial charge on any atom is 0.339 e. The molecule has 0 aliphatic heterocycles. The fourth-order valence-corrected chi connectivity index (χ4v) is 3.15. The van der Waals surface area contributed by atoms with Gasteiger partial charge in [0.1, 0.15) is 5.82 Å². The van der Waals surface area contributed by atoms with Crippen LogP contribution in [0.4, 0.5) is 10.1 Å². The standard InChI is InChI=1S/C22H25FN2O4S/c1-14(2)15(3)24-20(26)12-29-22(28)18-6-4-5-7-19(18)30-13-21(27)25-17-10-8-16(23)9-11-17/h4-11,14-15H,12-13H2,1-3H3,(H,24,26)(H,25,27). The second kappa shape index (κ2) is 11.3. The first kappa shape index (κ1) is 23.4. The fraction of sp³-hybridized carbons (Fsp3) is 0.318. The normalized spacial score (nSPS) is 11.6. The number of benzene rings is 2. The number of amides is 2. The molecule has 0 aliphatic rings. The average molecular weight is 433 g/mol. The number of thioether (sulfide) groups is 1. The summed E-state index contributed by atoms with van der Waals surface area (Å²) in [7, 11) is 0. The van der Waals surface area contributed by atoms with E-state index in [-0.39, 0.29) is 47.5 Å². The van der Waals surface area contributed by atoms with E-state index in [1.165, 1.54) is 36.0 Å². The third-order valence-electron chi connectivity index (χ3n) is 4.32. The Morgan fingerprint density at radius 3 is 2.33 bits per heavy atom. The Bertz CT molecular complexity index is 887. The van der Waals surface area contributed by atoms with E-state index in [0.717, 1.165) is 0 Å². The lowest BCUT2D eigenvalue weighted by atomic mass is 10.1. The molecule has 0 saturated carbocycles. The number of ether oxygens (including phenoxy) is 1. The number of hydrogen-bond donors (Lipinski definition) is 2. The lowest BCUT2D eigenvalue weighted by Gasteiger charge is -2.17. The summed E-state index contributed by atoms with van der Waals surface area (Å²) in [5.41, 5.74) is 0.762. The summed E-state index contributed by atoms with van der Waals surface area (Å²) in [6, 6.07) is 12.1. The minimum absolute atomic E-state index is 0.0290. The van der Waals surface area contributed by atoms with Crippen LogP contribution in [-0.2, 0) is 14.3 Å². The van der Waals surface area contributed by atoms with Crippen molar-refractivity contribution >= 4 is 35.2 Å². The van der Waals surface area contributed by atoms with Crippen molar-refractivity contribution in [2.75, 3.05) is 17.7 Å². The Balaban J connectivity index is 1.90. The second-order valence-corrected chi connectivity index (χ2v) is 8.03. The summed E-state index contributed by atoms with van der Waals surface area (Å²) >= 11 is 1.17. The van der Waals surface area contributed by atoms with Crippen molar-refractivity contribution in [1.29, 1.82) is 0 Å². The van der Waals surface area contributed by atoms with Gasteiger partial charge in [-0.2, -0.15) is 0 Å². The Morgan fingerprint density at radius 1 is 1.00 bits per heavy atom. The van der Waals surface area contributed by atoms with Crippen molar-refractivity contribution in [3.63, 3.8) is 0 Å². The van der Waals surface area contributed by atoms with Gasteiger partial charge in [-0.1, -0.05) is 26.0 Å². The number of carbonyl (C=O) groups excluding carboxylic acids is 3. The highest BCUT2D eigenvalue weighted by Gasteiger charge is 2.17. The number of rotatable bonds is 9. The molecule has 0 aliphatic carbocycles. The number of anilines is 1. The molecule has 1 atom stereocenters. The number of halogens is 1. The van der Waals surface area contributed by atoms with Gasteiger partial charge >= 0.3 is 5.97 Å². The van der Waals surface area contributed by atoms with E-state index < -0.39 is 5.97 Å². The summed E-state index contributed by atoms with van der Waals surface area (Å²) in [5.74, 6) is -1.37. The highest BCUT2D eigenvalue weighted by molar-refractivity contribution is 8.00. The molecule has 0 heterocycles. The molecular formula is C22H25FN2O4S. The van der Waals surface area contributed by atoms with Crippen molar-refractivity contribution in [3.8, 4) is 0 Å². The highest BCUT2D eigenvalue weighted by Crippen LogP contribution is 2.23. The number of nitrogens with one attached hydrogen (secondary N) is 2. The van der Waals surface area contributed by atoms with Crippen LogP contribution in [0.15, 0.2) is 53.4 Å². The zero-order valence-electron chi connectivity index (χ0n) is 17.1. The van der Waals surface area contributed by atoms with Gasteiger partial charge in [-0.15, -0.1) is 11.8 Å². The Kier molecular flexibility index (Phi) is 8.86. The van der Waals surface area contributed by atoms with Crippen LogP contribution in [0.5, 0.6) is 0 Å². The van der Waals surface area contributed by atoms with Crippen molar-refractivity contribution in [2.24, 2.45) is 5.92 Å². The molecule has 160 valence electrons. The topological polar surface area (TPSA) is 84.5 Å². The molecule has 2 rings (SSSR count). The monoisotopic (exact) mass is 432 g/mol. The molecule has 2 amide bonds. The third-order valence-corrected chi connectivity index (χ3v) is 5.39. The van der Waals surface area contributed by atoms with Gasteiger partial charge in [0.25, 0.3) is 5.91 Å². The summed E-state index contributed by atoms with van der Waals surface area (Å²) in [4.78, 5) is 37.0. The number of carbonyl (C=O) groups is 3. The smallest absolute Gasteiger partial charge is 0.339 e. The summed E-state index contributed by atoms with van der Waals surface area (Å²) in [6.45, 7) is 5.47. The predicted molar refractivity (Wildman–Crippen MR) is 115 cm³/mol. The molecule has 0 bridgehead atoms. The van der Waals surface area contributed by atoms with E-state index in [4.69, 9.17) is 4.74 Å². The number of hydrogen-bond acceptors (Lipinski definition) is 5. The molecule has 0 radical (unpaired) electrons. The minimum Gasteiger partial charge on any atom is -0.452 e. The average Bonchev–Trinajstić information content (AvgIpc) is 2.72. The summed E-state index contributed by atoms with van der Waals surface area (Å²) in [5, 5.41) is 5.43. The maximum absolute atomic E-state index is 12.9. The molecule has 2 aromatic rings. The first-order chi connectivity index (χ1) is 14.3. The molecule has 2 N–H and O–H groups in total. The van der Waals surface area contributed by atoms with E-state index >= 15 is 0 Å². The van der Waals surface area contributed by atoms with Gasteiger partial charge in [-0.25, -0.2) is 9.18 Å². The first-order valence-electron chi connectivity index (χ1n) is 9.50. The van der Waals surface area contributed by atoms with E-state index in [9.17, 15) is 18.8 Å². The lowest BCUT2D eigenvalue weighted by molar-refractivity contribution is -0.125. The molecule has 2 aromatic carbocycles. The maximum atomic E-state index is 12.9. The van der Waals surface area contributed by atoms with Crippen molar-refractivity contribution in [2.45, 2.75) is 31.7 Å². The van der Waals surface area contributed by atoms with E-state index in [0.29, 0.717) is 10.6 Å². The largest absolute Gasteiger partial charge is 0.452 e. The lowest BCUT2D eigenvalue weighted by Crippen LogP contribution is -2.38. The highest BCUT2D eigenvalue weighted by atomic mass is 32.2. The van der Waals surface area contributed by atoms with Crippen LogP contribution in [0.25, 0.3) is 0 Å². The van der Waals surface area contributed by atoms with Crippen LogP contribution in [-0.4, -0.2) is 36.2 Å². The Morgan fingerprint density at radius 2 is 1.67 bits per heavy atom. The first-order valence-corrected chi connectivity index (χ1v) is 10.5. The van der Waals surface area contributed by atoms with Crippen LogP contribution < -0.4 is 10.6 Å². The van der Waals surface area contributed by atoms with Gasteiger partial charge in [-0.05, 0) is 49.2 Å². The summed E-state index contributed by atoms with van der Waals surface area (Å²) < 4.78 is 18.1. The van der Waals surface area contributed by atoms with Gasteiger partial charge in [0.15, 0.2) is 6.61 Å². The van der Waals surface area contributed by atoms with Crippen molar-refractivity contribution in [3.05, 3.63) is 59.9 Å². The van der Waals surface area contributed by atoms with Crippen molar-refractivity contribution in [1.82, 2.24) is 5.32 Å². The van der Waals surface area contributed by atoms with Gasteiger partial charge in [0, 0.05) is 16.6 Å². The second-order valence-electron chi connectivity index (χ2n) is 7.02. The molecule has 0 fully saturated rings. The van der Waals surface area contributed by atoms with E-state index in [1.807, 2.05) is 20.8 Å². The van der Waals surface area contributed by atoms with Gasteiger partial charge in [0.05, 0.1) is 11.3 Å². The fourth-order valence-electron chi connectivity index (χ4n) is 2.31. The summed E-state index contributed by atoms with van der Waals surface area (Å²) in [6.07, 6.45) is 0. The predicted octanol–water partition coefficient (Wildman–Crippen LogP) is 3.87. The van der Waals surface area contributed by atoms with Gasteiger partial charge in [0.2, 0.25) is 5.91 Å². The molecule has 1 unspecified atom stereocenters. The van der Waals surface area contributed by atoms with Crippen LogP contribution >= 0.6 is 11.8 Å². The van der Waals surface area contributed by atoms with Crippen LogP contribution in [0.2, 0.25) is 0 Å². The van der Waals surface area contributed by atoms with Crippen LogP contribution in [0.3, 0.4) is 0 Å². The molecular weight excluding hydrogens is 407 g/mol. The van der Waals surface area contributed by atoms with Crippen LogP contribution in [0.1, 0.15) is 31.1 Å². The van der Waals surface area contributed by atoms with E-state index in [2.05, 4.69) is 10.6 Å². The minimum atomic E-state index is -0.635. The molecule has 0 saturated heterocycles. The quantitative estimate of drug-likeness (QED) is 0.464. The Labute approximate surface area is 179 Å². The van der Waals surface area contributed by atoms with Gasteiger partial charge in [-0.3, -0.25) is 9.59 Å². The van der Waals surface area contributed by atoms with Crippen LogP contribution in [0, 0.1) is 11.7 Å². The zero-order valence-corrected chi connectivity index (χ0v) is 17.9. The van der Waals surface area contributed by atoms with Gasteiger partial charge < -0.3 is 15.4 Å². The molecule has 0 spiro atoms. The SMILES string of the molecule is CC(C)C(C)NC(=O)COC(=O)c1ccccc1SCC(=O)Nc1ccc(F)cc1. The zero-order chi connectivity index (χ0) is 22.1.